The molecule has 1 aliphatic carbocycles. The number of hydrogen-bond acceptors (Lipinski definition) is 4. The highest BCUT2D eigenvalue weighted by Gasteiger charge is 2.29. The van der Waals surface area contributed by atoms with Crippen molar-refractivity contribution < 1.29 is 14.3 Å². The second kappa shape index (κ2) is 8.52. The minimum Gasteiger partial charge on any atom is -0.450 e. The van der Waals surface area contributed by atoms with E-state index in [1.807, 2.05) is 4.90 Å². The molecule has 6 nitrogen and oxygen atoms in total. The fourth-order valence-corrected chi connectivity index (χ4v) is 3.55. The molecule has 2 rings (SSSR count). The number of nitrogens with zero attached hydrogens (tertiary/aromatic N) is 2. The maximum absolute atomic E-state index is 12.4. The van der Waals surface area contributed by atoms with E-state index in [4.69, 9.17) is 4.74 Å². The van der Waals surface area contributed by atoms with Gasteiger partial charge in [0.05, 0.1) is 13.2 Å². The average molecular weight is 325 g/mol. The molecule has 1 saturated carbocycles. The van der Waals surface area contributed by atoms with Crippen molar-refractivity contribution in [2.45, 2.75) is 46.1 Å². The number of nitrogens with one attached hydrogen (secondary N) is 1. The quantitative estimate of drug-likeness (QED) is 0.854. The van der Waals surface area contributed by atoms with Crippen LogP contribution in [0.1, 0.15) is 40.0 Å². The molecule has 6 heteroatoms. The van der Waals surface area contributed by atoms with E-state index >= 15 is 0 Å². The van der Waals surface area contributed by atoms with Crippen LogP contribution in [0.5, 0.6) is 0 Å². The van der Waals surface area contributed by atoms with Gasteiger partial charge in [-0.05, 0) is 25.2 Å². The standard InChI is InChI=1S/C17H31N3O3/c1-4-23-17(22)20-10-8-19(9-11-20)16(21)12-18-15-7-5-6-13(2)14(15)3/h13-15,18H,4-12H2,1-3H3/t13-,14+,15-/m1/s1. The summed E-state index contributed by atoms with van der Waals surface area (Å²) in [6.45, 7) is 9.48. The maximum atomic E-state index is 12.4. The summed E-state index contributed by atoms with van der Waals surface area (Å²) in [6.07, 6.45) is 3.43. The van der Waals surface area contributed by atoms with Gasteiger partial charge in [0.15, 0.2) is 0 Å². The van der Waals surface area contributed by atoms with E-state index in [0.29, 0.717) is 51.3 Å². The summed E-state index contributed by atoms with van der Waals surface area (Å²) in [5.41, 5.74) is 0. The summed E-state index contributed by atoms with van der Waals surface area (Å²) in [5.74, 6) is 1.49. The van der Waals surface area contributed by atoms with Crippen LogP contribution >= 0.6 is 0 Å². The topological polar surface area (TPSA) is 61.9 Å². The predicted octanol–water partition coefficient (Wildman–Crippen LogP) is 1.70. The number of carbonyl (C=O) groups is 2. The largest absolute Gasteiger partial charge is 0.450 e. The molecule has 23 heavy (non-hydrogen) atoms. The lowest BCUT2D eigenvalue weighted by Crippen LogP contribution is -2.53. The molecule has 2 fully saturated rings. The van der Waals surface area contributed by atoms with E-state index < -0.39 is 0 Å². The van der Waals surface area contributed by atoms with Crippen molar-refractivity contribution in [1.29, 1.82) is 0 Å². The first-order valence-corrected chi connectivity index (χ1v) is 8.95. The van der Waals surface area contributed by atoms with Crippen molar-refractivity contribution in [2.24, 2.45) is 11.8 Å². The number of hydrogen-bond donors (Lipinski definition) is 1. The van der Waals surface area contributed by atoms with Gasteiger partial charge in [-0.3, -0.25) is 4.79 Å². The lowest BCUT2D eigenvalue weighted by Gasteiger charge is -2.36. The molecule has 0 radical (unpaired) electrons. The Morgan fingerprint density at radius 1 is 1.09 bits per heavy atom. The highest BCUT2D eigenvalue weighted by atomic mass is 16.6. The highest BCUT2D eigenvalue weighted by Crippen LogP contribution is 2.29. The summed E-state index contributed by atoms with van der Waals surface area (Å²) >= 11 is 0. The minimum atomic E-state index is -0.275. The van der Waals surface area contributed by atoms with Gasteiger partial charge >= 0.3 is 6.09 Å². The summed E-state index contributed by atoms with van der Waals surface area (Å²) in [5, 5.41) is 3.46. The summed E-state index contributed by atoms with van der Waals surface area (Å²) in [7, 11) is 0. The molecule has 1 heterocycles. The Morgan fingerprint density at radius 2 is 1.74 bits per heavy atom. The van der Waals surface area contributed by atoms with Crippen LogP contribution in [0, 0.1) is 11.8 Å². The van der Waals surface area contributed by atoms with Crippen LogP contribution in [-0.4, -0.2) is 67.2 Å². The third-order valence-electron chi connectivity index (χ3n) is 5.38. The van der Waals surface area contributed by atoms with Crippen molar-refractivity contribution in [2.75, 3.05) is 39.3 Å². The molecule has 3 atom stereocenters. The Balaban J connectivity index is 1.72. The smallest absolute Gasteiger partial charge is 0.409 e. The zero-order valence-electron chi connectivity index (χ0n) is 14.7. The molecular formula is C17H31N3O3. The van der Waals surface area contributed by atoms with E-state index in [-0.39, 0.29) is 12.0 Å². The van der Waals surface area contributed by atoms with Crippen LogP contribution < -0.4 is 5.32 Å². The number of rotatable bonds is 4. The SMILES string of the molecule is CCOC(=O)N1CCN(C(=O)CN[C@@H]2CCC[C@@H](C)[C@@H]2C)CC1. The van der Waals surface area contributed by atoms with E-state index in [1.165, 1.54) is 12.8 Å². The summed E-state index contributed by atoms with van der Waals surface area (Å²) in [4.78, 5) is 27.5. The van der Waals surface area contributed by atoms with E-state index in [2.05, 4.69) is 19.2 Å². The fourth-order valence-electron chi connectivity index (χ4n) is 3.55. The number of piperazine rings is 1. The van der Waals surface area contributed by atoms with Gasteiger partial charge in [0, 0.05) is 32.2 Å². The van der Waals surface area contributed by atoms with Crippen LogP contribution in [0.15, 0.2) is 0 Å². The minimum absolute atomic E-state index is 0.138. The maximum Gasteiger partial charge on any atom is 0.409 e. The van der Waals surface area contributed by atoms with Crippen molar-refractivity contribution in [3.05, 3.63) is 0 Å². The van der Waals surface area contributed by atoms with Crippen molar-refractivity contribution >= 4 is 12.0 Å². The lowest BCUT2D eigenvalue weighted by molar-refractivity contribution is -0.132. The molecule has 132 valence electrons. The zero-order valence-corrected chi connectivity index (χ0v) is 14.7. The normalized spacial score (nSPS) is 28.6. The van der Waals surface area contributed by atoms with Crippen LogP contribution in [-0.2, 0) is 9.53 Å². The monoisotopic (exact) mass is 325 g/mol. The molecule has 1 N–H and O–H groups in total. The van der Waals surface area contributed by atoms with Gasteiger partial charge in [-0.15, -0.1) is 0 Å². The number of carbonyl (C=O) groups excluding carboxylic acids is 2. The molecular weight excluding hydrogens is 294 g/mol. The number of ether oxygens (including phenoxy) is 1. The van der Waals surface area contributed by atoms with Crippen LogP contribution in [0.4, 0.5) is 4.79 Å². The van der Waals surface area contributed by atoms with Crippen molar-refractivity contribution in [3.8, 4) is 0 Å². The van der Waals surface area contributed by atoms with Crippen LogP contribution in [0.3, 0.4) is 0 Å². The van der Waals surface area contributed by atoms with Crippen LogP contribution in [0.2, 0.25) is 0 Å². The Morgan fingerprint density at radius 3 is 2.39 bits per heavy atom. The highest BCUT2D eigenvalue weighted by molar-refractivity contribution is 5.78. The van der Waals surface area contributed by atoms with E-state index in [9.17, 15) is 9.59 Å². The molecule has 0 bridgehead atoms. The third kappa shape index (κ3) is 4.83. The van der Waals surface area contributed by atoms with Gasteiger partial charge in [-0.25, -0.2) is 4.79 Å². The van der Waals surface area contributed by atoms with Gasteiger partial charge in [0.25, 0.3) is 0 Å². The zero-order chi connectivity index (χ0) is 16.8. The Kier molecular flexibility index (Phi) is 6.69. The lowest BCUT2D eigenvalue weighted by atomic mass is 9.78. The van der Waals surface area contributed by atoms with Crippen molar-refractivity contribution in [1.82, 2.24) is 15.1 Å². The number of amides is 2. The Bertz CT molecular complexity index is 408. The second-order valence-electron chi connectivity index (χ2n) is 6.82. The first kappa shape index (κ1) is 18.0. The Hall–Kier alpha value is -1.30. The molecule has 0 aromatic rings. The molecule has 1 aliphatic heterocycles. The van der Waals surface area contributed by atoms with Crippen molar-refractivity contribution in [3.63, 3.8) is 0 Å². The molecule has 0 aromatic heterocycles. The molecule has 0 spiro atoms. The van der Waals surface area contributed by atoms with E-state index in [0.717, 1.165) is 12.3 Å². The van der Waals surface area contributed by atoms with Gasteiger partial charge in [0.2, 0.25) is 5.91 Å². The first-order chi connectivity index (χ1) is 11.0. The van der Waals surface area contributed by atoms with Gasteiger partial charge in [-0.1, -0.05) is 26.7 Å². The average Bonchev–Trinajstić information content (AvgIpc) is 2.56. The Labute approximate surface area is 139 Å². The van der Waals surface area contributed by atoms with Crippen LogP contribution in [0.25, 0.3) is 0 Å². The molecule has 2 amide bonds. The van der Waals surface area contributed by atoms with Gasteiger partial charge < -0.3 is 19.9 Å². The third-order valence-corrected chi connectivity index (χ3v) is 5.38. The van der Waals surface area contributed by atoms with E-state index in [1.54, 1.807) is 11.8 Å². The second-order valence-corrected chi connectivity index (χ2v) is 6.82. The first-order valence-electron chi connectivity index (χ1n) is 8.95. The predicted molar refractivity (Wildman–Crippen MR) is 89.1 cm³/mol. The molecule has 1 saturated heterocycles. The fraction of sp³-hybridized carbons (Fsp3) is 0.882. The van der Waals surface area contributed by atoms with Gasteiger partial charge in [-0.2, -0.15) is 0 Å². The summed E-state index contributed by atoms with van der Waals surface area (Å²) in [6, 6.07) is 0.448. The molecule has 2 aliphatic rings. The molecule has 0 aromatic carbocycles. The summed E-state index contributed by atoms with van der Waals surface area (Å²) < 4.78 is 5.00. The van der Waals surface area contributed by atoms with Gasteiger partial charge in [0.1, 0.15) is 0 Å². The molecule has 0 unspecified atom stereocenters.